The summed E-state index contributed by atoms with van der Waals surface area (Å²) in [5.41, 5.74) is 1.66. The number of ketones is 1. The van der Waals surface area contributed by atoms with Crippen LogP contribution in [-0.4, -0.2) is 15.9 Å². The predicted octanol–water partition coefficient (Wildman–Crippen LogP) is 9.05. The van der Waals surface area contributed by atoms with Gasteiger partial charge >= 0.3 is 0 Å². The third kappa shape index (κ3) is 5.81. The molecule has 2 aromatic heterocycles. The number of aliphatic hydroxyl groups excluding tert-OH is 1. The maximum atomic E-state index is 14.4. The van der Waals surface area contributed by atoms with Gasteiger partial charge in [-0.25, -0.2) is 8.78 Å². The fraction of sp³-hybridized carbons (Fsp3) is 0.0625. The van der Waals surface area contributed by atoms with E-state index in [0.29, 0.717) is 4.88 Å². The molecule has 0 fully saturated rings. The van der Waals surface area contributed by atoms with Crippen molar-refractivity contribution in [1.29, 1.82) is 0 Å². The molecule has 1 N–H and O–H groups in total. The normalized spacial score (nSPS) is 11.2. The van der Waals surface area contributed by atoms with Crippen molar-refractivity contribution in [2.45, 2.75) is 13.8 Å². The molecule has 6 rings (SSSR count). The van der Waals surface area contributed by atoms with Crippen LogP contribution >= 0.6 is 11.3 Å². The van der Waals surface area contributed by atoms with Gasteiger partial charge in [-0.05, 0) is 43.5 Å². The molecule has 1 radical (unpaired) electrons. The molecule has 0 saturated heterocycles. The van der Waals surface area contributed by atoms with Crippen LogP contribution in [0.2, 0.25) is 0 Å². The van der Waals surface area contributed by atoms with Crippen molar-refractivity contribution in [3.63, 3.8) is 0 Å². The molecule has 0 saturated carbocycles. The summed E-state index contributed by atoms with van der Waals surface area (Å²) in [4.78, 5) is 15.2. The van der Waals surface area contributed by atoms with Crippen molar-refractivity contribution < 1.29 is 38.8 Å². The zero-order chi connectivity index (χ0) is 26.8. The molecule has 3 nitrogen and oxygen atoms in total. The fourth-order valence-corrected chi connectivity index (χ4v) is 5.64. The average Bonchev–Trinajstić information content (AvgIpc) is 3.32. The zero-order valence-corrected chi connectivity index (χ0v) is 24.2. The van der Waals surface area contributed by atoms with Crippen LogP contribution < -0.4 is 0 Å². The van der Waals surface area contributed by atoms with Gasteiger partial charge in [0, 0.05) is 47.6 Å². The van der Waals surface area contributed by atoms with Gasteiger partial charge in [-0.2, -0.15) is 0 Å². The van der Waals surface area contributed by atoms with Crippen LogP contribution in [0.4, 0.5) is 8.78 Å². The van der Waals surface area contributed by atoms with Crippen molar-refractivity contribution >= 4 is 48.8 Å². The van der Waals surface area contributed by atoms with Crippen LogP contribution in [0.1, 0.15) is 13.8 Å². The smallest absolute Gasteiger partial charge is 0.155 e. The number of carbonyl (C=O) groups is 1. The summed E-state index contributed by atoms with van der Waals surface area (Å²) in [5.74, 6) is -1.19. The number of hydrogen-bond donors (Lipinski definition) is 1. The molecule has 0 aliphatic heterocycles. The summed E-state index contributed by atoms with van der Waals surface area (Å²) in [6.07, 6.45) is 2.91. The minimum absolute atomic E-state index is 0. The summed E-state index contributed by atoms with van der Waals surface area (Å²) in [5, 5.41) is 13.6. The maximum Gasteiger partial charge on any atom is 0.155 e. The van der Waals surface area contributed by atoms with Crippen molar-refractivity contribution in [2.75, 3.05) is 0 Å². The van der Waals surface area contributed by atoms with Crippen LogP contribution in [0, 0.1) is 17.7 Å². The Morgan fingerprint density at radius 2 is 1.54 bits per heavy atom. The predicted molar refractivity (Wildman–Crippen MR) is 151 cm³/mol. The van der Waals surface area contributed by atoms with Gasteiger partial charge in [0.25, 0.3) is 0 Å². The molecule has 0 amide bonds. The van der Waals surface area contributed by atoms with E-state index in [0.717, 1.165) is 42.9 Å². The Labute approximate surface area is 241 Å². The number of carbonyl (C=O) groups excluding carboxylic acids is 1. The molecule has 0 bridgehead atoms. The summed E-state index contributed by atoms with van der Waals surface area (Å²) in [7, 11) is 0. The second kappa shape index (κ2) is 12.0. The number of nitrogens with zero attached hydrogens (tertiary/aromatic N) is 1. The largest absolute Gasteiger partial charge is 0.512 e. The molecule has 7 heteroatoms. The number of fused-ring (bicyclic) bond motifs is 4. The van der Waals surface area contributed by atoms with Crippen molar-refractivity contribution in [3.05, 3.63) is 115 Å². The van der Waals surface area contributed by atoms with Crippen LogP contribution in [0.5, 0.6) is 0 Å². The number of aliphatic hydroxyl groups is 1. The SMILES string of the molecule is CC(=O)/C=C(/C)O.Fc1cccc(F)c1-c1cc2ccnc(-c3[c-]c4ccccc4c4ccccc34)c2s1.[Ir]. The molecule has 0 aliphatic carbocycles. The van der Waals surface area contributed by atoms with Crippen LogP contribution in [0.25, 0.3) is 53.3 Å². The first-order valence-corrected chi connectivity index (χ1v) is 12.7. The van der Waals surface area contributed by atoms with Crippen molar-refractivity contribution in [2.24, 2.45) is 0 Å². The molecule has 0 atom stereocenters. The Morgan fingerprint density at radius 3 is 2.18 bits per heavy atom. The third-order valence-electron chi connectivity index (χ3n) is 5.97. The topological polar surface area (TPSA) is 50.2 Å². The van der Waals surface area contributed by atoms with Gasteiger partial charge in [0.15, 0.2) is 5.78 Å². The van der Waals surface area contributed by atoms with Gasteiger partial charge in [-0.1, -0.05) is 70.3 Å². The number of hydrogen-bond acceptors (Lipinski definition) is 4. The van der Waals surface area contributed by atoms with E-state index in [2.05, 4.69) is 29.2 Å². The number of aromatic nitrogens is 1. The monoisotopic (exact) mass is 715 g/mol. The van der Waals surface area contributed by atoms with Gasteiger partial charge in [0.1, 0.15) is 11.6 Å². The summed E-state index contributed by atoms with van der Waals surface area (Å²) in [6.45, 7) is 2.85. The molecule has 0 aliphatic rings. The number of rotatable bonds is 3. The summed E-state index contributed by atoms with van der Waals surface area (Å²) in [6, 6.07) is 27.6. The van der Waals surface area contributed by atoms with Gasteiger partial charge in [0.05, 0.1) is 11.3 Å². The molecule has 6 aromatic rings. The molecule has 39 heavy (non-hydrogen) atoms. The minimum Gasteiger partial charge on any atom is -0.512 e. The van der Waals surface area contributed by atoms with Crippen molar-refractivity contribution in [3.8, 4) is 21.7 Å². The molecule has 4 aromatic carbocycles. The Kier molecular flexibility index (Phi) is 8.66. The Balaban J connectivity index is 0.000000394. The number of allylic oxidation sites excluding steroid dienone is 2. The molecule has 197 valence electrons. The third-order valence-corrected chi connectivity index (χ3v) is 7.14. The minimum atomic E-state index is -0.566. The van der Waals surface area contributed by atoms with E-state index >= 15 is 0 Å². The fourth-order valence-electron chi connectivity index (χ4n) is 4.45. The van der Waals surface area contributed by atoms with Gasteiger partial charge in [-0.15, -0.1) is 28.9 Å². The number of thiophene rings is 1. The Bertz CT molecular complexity index is 1840. The van der Waals surface area contributed by atoms with Crippen molar-refractivity contribution in [1.82, 2.24) is 4.98 Å². The molecule has 2 heterocycles. The van der Waals surface area contributed by atoms with Gasteiger partial charge < -0.3 is 5.11 Å². The van der Waals surface area contributed by atoms with Gasteiger partial charge in [0.2, 0.25) is 0 Å². The first-order chi connectivity index (χ1) is 18.3. The molecule has 0 spiro atoms. The van der Waals surface area contributed by atoms with E-state index in [4.69, 9.17) is 5.11 Å². The van der Waals surface area contributed by atoms with E-state index < -0.39 is 11.6 Å². The standard InChI is InChI=1S/C27H14F2NS.C5H8O2.Ir/c28-22-10-5-11-23(29)25(22)24-15-17-12-13-30-26(27(17)31-24)21-14-16-6-1-2-7-18(16)19-8-3-4-9-20(19)21;1-4(6)3-5(2)7;/h1-13,15H;3,6H,1-2H3;/q-1;;/b;4-3-;. The zero-order valence-electron chi connectivity index (χ0n) is 21.0. The van der Waals surface area contributed by atoms with Gasteiger partial charge in [-0.3, -0.25) is 9.78 Å². The summed E-state index contributed by atoms with van der Waals surface area (Å²) >= 11 is 1.35. The number of pyridine rings is 1. The van der Waals surface area contributed by atoms with Crippen LogP contribution in [0.15, 0.2) is 96.9 Å². The second-order valence-corrected chi connectivity index (χ2v) is 9.82. The van der Waals surface area contributed by atoms with Crippen LogP contribution in [-0.2, 0) is 24.9 Å². The Morgan fingerprint density at radius 1 is 0.897 bits per heavy atom. The molecule has 0 unspecified atom stereocenters. The van der Waals surface area contributed by atoms with Crippen LogP contribution in [0.3, 0.4) is 0 Å². The van der Waals surface area contributed by atoms with E-state index in [1.54, 1.807) is 6.20 Å². The first-order valence-electron chi connectivity index (χ1n) is 11.9. The average molecular weight is 715 g/mol. The first kappa shape index (κ1) is 28.2. The second-order valence-electron chi connectivity index (χ2n) is 8.77. The summed E-state index contributed by atoms with van der Waals surface area (Å²) < 4.78 is 29.7. The number of halogens is 2. The molecular formula is C32H22F2IrNO2S-. The maximum absolute atomic E-state index is 14.4. The quantitative estimate of drug-likeness (QED) is 0.0862. The van der Waals surface area contributed by atoms with E-state index in [1.807, 2.05) is 42.5 Å². The molecular weight excluding hydrogens is 693 g/mol. The van der Waals surface area contributed by atoms with E-state index in [-0.39, 0.29) is 37.2 Å². The van der Waals surface area contributed by atoms with E-state index in [1.165, 1.54) is 49.5 Å². The van der Waals surface area contributed by atoms with E-state index in [9.17, 15) is 13.6 Å². The number of benzene rings is 4. The Hall–Kier alpha value is -3.77.